The molecule has 0 bridgehead atoms. The van der Waals surface area contributed by atoms with Crippen molar-refractivity contribution in [2.45, 2.75) is 18.2 Å². The van der Waals surface area contributed by atoms with Crippen LogP contribution in [0.5, 0.6) is 0 Å². The predicted octanol–water partition coefficient (Wildman–Crippen LogP) is 0.775. The number of hydrogen-bond acceptors (Lipinski definition) is 6. The number of carbonyl (C=O) groups excluding carboxylic acids is 2. The summed E-state index contributed by atoms with van der Waals surface area (Å²) in [6.07, 6.45) is -0.233. The maximum atomic E-state index is 12.5. The molecule has 0 fully saturated rings. The fourth-order valence-electron chi connectivity index (χ4n) is 2.75. The number of aromatic nitrogens is 2. The van der Waals surface area contributed by atoms with Crippen LogP contribution >= 0.6 is 0 Å². The van der Waals surface area contributed by atoms with Crippen LogP contribution < -0.4 is 21.9 Å². The Morgan fingerprint density at radius 3 is 2.29 bits per heavy atom. The maximum Gasteiger partial charge on any atom is 0.325 e. The van der Waals surface area contributed by atoms with Gasteiger partial charge in [0.15, 0.2) is 10.7 Å². The summed E-state index contributed by atoms with van der Waals surface area (Å²) in [4.78, 5) is 52.0. The van der Waals surface area contributed by atoms with E-state index >= 15 is 0 Å². The van der Waals surface area contributed by atoms with Gasteiger partial charge in [0.1, 0.15) is 0 Å². The number of hydrogen-bond donors (Lipinski definition) is 5. The van der Waals surface area contributed by atoms with Gasteiger partial charge in [-0.15, -0.1) is 0 Å². The van der Waals surface area contributed by atoms with Crippen molar-refractivity contribution in [3.8, 4) is 0 Å². The lowest BCUT2D eigenvalue weighted by Crippen LogP contribution is -2.25. The molecule has 2 aromatic carbocycles. The highest BCUT2D eigenvalue weighted by Crippen LogP contribution is 2.19. The summed E-state index contributed by atoms with van der Waals surface area (Å²) in [5.74, 6) is -0.932. The third-order valence-corrected chi connectivity index (χ3v) is 5.00. The minimum atomic E-state index is -2.70. The Hall–Kier alpha value is -3.99. The van der Waals surface area contributed by atoms with E-state index in [1.807, 2.05) is 4.98 Å². The molecule has 11 heteroatoms. The molecule has 3 rings (SSSR count). The number of aromatic amines is 2. The molecule has 31 heavy (non-hydrogen) atoms. The summed E-state index contributed by atoms with van der Waals surface area (Å²) >= 11 is 0. The molecule has 3 aromatic rings. The predicted molar refractivity (Wildman–Crippen MR) is 114 cm³/mol. The molecule has 1 aromatic heterocycles. The molecule has 0 aliphatic rings. The molecular formula is C20H18N4O6S. The number of rotatable bonds is 6. The quantitative estimate of drug-likeness (QED) is 0.355. The van der Waals surface area contributed by atoms with Crippen molar-refractivity contribution >= 4 is 33.9 Å². The van der Waals surface area contributed by atoms with Crippen LogP contribution in [0.2, 0.25) is 0 Å². The molecule has 0 unspecified atom stereocenters. The first-order valence-electron chi connectivity index (χ1n) is 9.00. The van der Waals surface area contributed by atoms with Crippen LogP contribution in [0, 0.1) is 6.92 Å². The SMILES string of the molecule is Cc1ccc(C(=O)Nc2ccc([SH](=O)=O)cc2)cc1NC(=O)Cc1cc(=O)[nH]c(=O)[nH]1. The Labute approximate surface area is 177 Å². The van der Waals surface area contributed by atoms with E-state index in [9.17, 15) is 27.6 Å². The fourth-order valence-corrected chi connectivity index (χ4v) is 3.14. The molecule has 0 saturated heterocycles. The van der Waals surface area contributed by atoms with Gasteiger partial charge in [0, 0.05) is 28.7 Å². The summed E-state index contributed by atoms with van der Waals surface area (Å²) < 4.78 is 21.9. The lowest BCUT2D eigenvalue weighted by molar-refractivity contribution is -0.115. The molecule has 0 aliphatic heterocycles. The lowest BCUT2D eigenvalue weighted by Gasteiger charge is -2.11. The highest BCUT2D eigenvalue weighted by Gasteiger charge is 2.12. The molecule has 160 valence electrons. The second kappa shape index (κ2) is 9.22. The first-order chi connectivity index (χ1) is 14.7. The Kier molecular flexibility index (Phi) is 6.46. The van der Waals surface area contributed by atoms with Crippen LogP contribution in [0.3, 0.4) is 0 Å². The van der Waals surface area contributed by atoms with Crippen molar-refractivity contribution in [1.82, 2.24) is 9.97 Å². The molecule has 0 atom stereocenters. The number of amides is 2. The third-order valence-electron chi connectivity index (χ3n) is 4.28. The van der Waals surface area contributed by atoms with Crippen LogP contribution in [0.1, 0.15) is 21.6 Å². The molecule has 0 spiro atoms. The Balaban J connectivity index is 1.72. The number of anilines is 2. The Morgan fingerprint density at radius 2 is 1.65 bits per heavy atom. The van der Waals surface area contributed by atoms with Gasteiger partial charge in [0.05, 0.1) is 11.3 Å². The van der Waals surface area contributed by atoms with Crippen LogP contribution in [-0.2, 0) is 21.9 Å². The van der Waals surface area contributed by atoms with E-state index in [-0.39, 0.29) is 22.6 Å². The zero-order valence-electron chi connectivity index (χ0n) is 16.2. The van der Waals surface area contributed by atoms with Crippen LogP contribution in [0.4, 0.5) is 11.4 Å². The molecule has 0 radical (unpaired) electrons. The summed E-state index contributed by atoms with van der Waals surface area (Å²) in [6.45, 7) is 1.75. The van der Waals surface area contributed by atoms with Crippen LogP contribution in [0.15, 0.2) is 63.0 Å². The zero-order valence-corrected chi connectivity index (χ0v) is 17.1. The van der Waals surface area contributed by atoms with Gasteiger partial charge in [0.25, 0.3) is 11.5 Å². The van der Waals surface area contributed by atoms with Crippen molar-refractivity contribution in [2.75, 3.05) is 10.6 Å². The van der Waals surface area contributed by atoms with Gasteiger partial charge < -0.3 is 15.6 Å². The average molecular weight is 442 g/mol. The standard InChI is InChI=1S/C20H18N4O6S/c1-11-2-3-12(19(27)21-13-4-6-15(7-5-13)31(29)30)8-16(11)23-17(25)9-14-10-18(26)24-20(28)22-14/h2-8,10,31H,9H2,1H3,(H,21,27)(H,23,25)(H2,22,24,26,28). The summed E-state index contributed by atoms with van der Waals surface area (Å²) in [5, 5.41) is 5.31. The molecule has 0 saturated carbocycles. The summed E-state index contributed by atoms with van der Waals surface area (Å²) in [5.41, 5.74) is 0.605. The van der Waals surface area contributed by atoms with E-state index in [0.29, 0.717) is 16.9 Å². The van der Waals surface area contributed by atoms with Gasteiger partial charge in [-0.05, 0) is 48.9 Å². The molecule has 4 N–H and O–H groups in total. The minimum Gasteiger partial charge on any atom is -0.325 e. The topological polar surface area (TPSA) is 158 Å². The minimum absolute atomic E-state index is 0.134. The molecular weight excluding hydrogens is 424 g/mol. The van der Waals surface area contributed by atoms with Gasteiger partial charge in [0.2, 0.25) is 5.91 Å². The maximum absolute atomic E-state index is 12.5. The van der Waals surface area contributed by atoms with Crippen molar-refractivity contribution in [3.63, 3.8) is 0 Å². The van der Waals surface area contributed by atoms with Crippen molar-refractivity contribution < 1.29 is 18.0 Å². The zero-order chi connectivity index (χ0) is 22.5. The van der Waals surface area contributed by atoms with E-state index in [1.165, 1.54) is 30.3 Å². The van der Waals surface area contributed by atoms with Gasteiger partial charge in [-0.25, -0.2) is 13.2 Å². The van der Waals surface area contributed by atoms with Crippen LogP contribution in [-0.4, -0.2) is 30.2 Å². The highest BCUT2D eigenvalue weighted by molar-refractivity contribution is 7.72. The number of carbonyl (C=O) groups is 2. The number of thiol groups is 1. The van der Waals surface area contributed by atoms with E-state index in [2.05, 4.69) is 15.6 Å². The number of H-pyrrole nitrogens is 2. The first-order valence-corrected chi connectivity index (χ1v) is 10.2. The molecule has 1 heterocycles. The normalized spacial score (nSPS) is 10.6. The lowest BCUT2D eigenvalue weighted by atomic mass is 10.1. The monoisotopic (exact) mass is 442 g/mol. The van der Waals surface area contributed by atoms with Gasteiger partial charge in [-0.1, -0.05) is 6.07 Å². The van der Waals surface area contributed by atoms with E-state index in [1.54, 1.807) is 19.1 Å². The average Bonchev–Trinajstić information content (AvgIpc) is 2.69. The Bertz CT molecular complexity index is 1300. The largest absolute Gasteiger partial charge is 0.325 e. The van der Waals surface area contributed by atoms with Gasteiger partial charge in [-0.3, -0.25) is 19.4 Å². The van der Waals surface area contributed by atoms with E-state index in [0.717, 1.165) is 6.07 Å². The van der Waals surface area contributed by atoms with Gasteiger partial charge >= 0.3 is 5.69 Å². The van der Waals surface area contributed by atoms with Crippen molar-refractivity contribution in [1.29, 1.82) is 0 Å². The number of aryl methyl sites for hydroxylation is 1. The van der Waals surface area contributed by atoms with E-state index in [4.69, 9.17) is 0 Å². The van der Waals surface area contributed by atoms with Gasteiger partial charge in [-0.2, -0.15) is 0 Å². The summed E-state index contributed by atoms with van der Waals surface area (Å²) in [7, 11) is -2.70. The molecule has 0 aliphatic carbocycles. The molecule has 10 nitrogen and oxygen atoms in total. The second-order valence-corrected chi connectivity index (χ2v) is 7.66. The summed E-state index contributed by atoms with van der Waals surface area (Å²) in [6, 6.07) is 11.5. The number of nitrogens with one attached hydrogen (secondary N) is 4. The third kappa shape index (κ3) is 5.76. The second-order valence-electron chi connectivity index (χ2n) is 6.63. The van der Waals surface area contributed by atoms with E-state index < -0.39 is 33.8 Å². The van der Waals surface area contributed by atoms with Crippen molar-refractivity contribution in [2.24, 2.45) is 0 Å². The van der Waals surface area contributed by atoms with Crippen LogP contribution in [0.25, 0.3) is 0 Å². The fraction of sp³-hybridized carbons (Fsp3) is 0.100. The molecule has 2 amide bonds. The van der Waals surface area contributed by atoms with Crippen molar-refractivity contribution in [3.05, 3.63) is 86.2 Å². The smallest absolute Gasteiger partial charge is 0.325 e. The Morgan fingerprint density at radius 1 is 0.935 bits per heavy atom. The highest BCUT2D eigenvalue weighted by atomic mass is 32.2. The number of benzene rings is 2. The first kappa shape index (κ1) is 21.7.